The van der Waals surface area contributed by atoms with Crippen LogP contribution in [-0.4, -0.2) is 29.0 Å². The second kappa shape index (κ2) is 5.65. The summed E-state index contributed by atoms with van der Waals surface area (Å²) in [4.78, 5) is 38.8. The number of ketones is 1. The first-order valence-electron chi connectivity index (χ1n) is 7.15. The quantitative estimate of drug-likeness (QED) is 0.605. The smallest absolute Gasteiger partial charge is 0.236 e. The number of halogens is 1. The molecule has 1 spiro atoms. The number of rotatable bonds is 3. The fraction of sp³-hybridized carbons (Fsp3) is 0.533. The van der Waals surface area contributed by atoms with Crippen molar-refractivity contribution < 1.29 is 14.4 Å². The maximum atomic E-state index is 12.6. The number of likely N-dealkylation sites (tertiary alicyclic amines) is 1. The molecule has 3 rings (SSSR count). The molecule has 1 saturated carbocycles. The van der Waals surface area contributed by atoms with Gasteiger partial charge in [0.25, 0.3) is 0 Å². The first kappa shape index (κ1) is 14.9. The molecule has 1 aliphatic carbocycles. The summed E-state index contributed by atoms with van der Waals surface area (Å²) < 4.78 is 0.869. The van der Waals surface area contributed by atoms with Gasteiger partial charge >= 0.3 is 0 Å². The highest BCUT2D eigenvalue weighted by atomic mass is 79.9. The molecule has 0 unspecified atom stereocenters. The van der Waals surface area contributed by atoms with Crippen molar-refractivity contribution in [2.75, 3.05) is 6.54 Å². The molecular weight excluding hydrogens is 354 g/mol. The van der Waals surface area contributed by atoms with Crippen molar-refractivity contribution in [2.45, 2.75) is 38.5 Å². The van der Waals surface area contributed by atoms with E-state index in [4.69, 9.17) is 0 Å². The zero-order valence-electron chi connectivity index (χ0n) is 11.6. The van der Waals surface area contributed by atoms with E-state index < -0.39 is 5.41 Å². The zero-order chi connectivity index (χ0) is 15.0. The van der Waals surface area contributed by atoms with Crippen LogP contribution in [0.3, 0.4) is 0 Å². The van der Waals surface area contributed by atoms with Gasteiger partial charge in [0.05, 0.1) is 20.6 Å². The van der Waals surface area contributed by atoms with Gasteiger partial charge in [-0.3, -0.25) is 19.3 Å². The number of carbonyl (C=O) groups excluding carboxylic acids is 3. The highest BCUT2D eigenvalue weighted by molar-refractivity contribution is 9.11. The van der Waals surface area contributed by atoms with Crippen LogP contribution in [0.2, 0.25) is 0 Å². The SMILES string of the molecule is O=C(CN1C(=O)CC2(CCCCC2)C1=O)c1ccc(Br)s1. The van der Waals surface area contributed by atoms with Gasteiger partial charge in [-0.25, -0.2) is 0 Å². The molecule has 21 heavy (non-hydrogen) atoms. The number of amides is 2. The molecule has 1 aliphatic heterocycles. The lowest BCUT2D eigenvalue weighted by molar-refractivity contribution is -0.141. The normalized spacial score (nSPS) is 21.3. The van der Waals surface area contributed by atoms with Gasteiger partial charge in [0.15, 0.2) is 5.78 Å². The summed E-state index contributed by atoms with van der Waals surface area (Å²) in [6, 6.07) is 3.52. The Kier molecular flexibility index (Phi) is 4.01. The van der Waals surface area contributed by atoms with E-state index in [1.54, 1.807) is 12.1 Å². The maximum absolute atomic E-state index is 12.6. The third kappa shape index (κ3) is 2.71. The van der Waals surface area contributed by atoms with Crippen LogP contribution in [0, 0.1) is 5.41 Å². The highest BCUT2D eigenvalue weighted by Crippen LogP contribution is 2.45. The van der Waals surface area contributed by atoms with Crippen LogP contribution in [0.4, 0.5) is 0 Å². The molecule has 2 aliphatic rings. The fourth-order valence-corrected chi connectivity index (χ4v) is 4.64. The fourth-order valence-electron chi connectivity index (χ4n) is 3.32. The topological polar surface area (TPSA) is 54.5 Å². The molecule has 4 nitrogen and oxygen atoms in total. The van der Waals surface area contributed by atoms with E-state index in [2.05, 4.69) is 15.9 Å². The Hall–Kier alpha value is -1.01. The van der Waals surface area contributed by atoms with Gasteiger partial charge in [0.2, 0.25) is 11.8 Å². The summed E-state index contributed by atoms with van der Waals surface area (Å²) in [7, 11) is 0. The Morgan fingerprint density at radius 2 is 1.95 bits per heavy atom. The first-order chi connectivity index (χ1) is 10.0. The van der Waals surface area contributed by atoms with Crippen LogP contribution in [0.1, 0.15) is 48.2 Å². The highest BCUT2D eigenvalue weighted by Gasteiger charge is 2.51. The van der Waals surface area contributed by atoms with E-state index >= 15 is 0 Å². The molecule has 0 atom stereocenters. The molecule has 2 heterocycles. The molecule has 1 saturated heterocycles. The molecule has 1 aromatic heterocycles. The van der Waals surface area contributed by atoms with Crippen LogP contribution < -0.4 is 0 Å². The lowest BCUT2D eigenvalue weighted by atomic mass is 9.73. The van der Waals surface area contributed by atoms with Crippen molar-refractivity contribution in [1.29, 1.82) is 0 Å². The largest absolute Gasteiger partial charge is 0.291 e. The average molecular weight is 370 g/mol. The van der Waals surface area contributed by atoms with E-state index in [1.165, 1.54) is 16.2 Å². The van der Waals surface area contributed by atoms with Gasteiger partial charge in [-0.05, 0) is 40.9 Å². The van der Waals surface area contributed by atoms with Crippen molar-refractivity contribution in [3.8, 4) is 0 Å². The molecule has 2 amide bonds. The van der Waals surface area contributed by atoms with Crippen LogP contribution in [-0.2, 0) is 9.59 Å². The molecule has 0 N–H and O–H groups in total. The van der Waals surface area contributed by atoms with Crippen LogP contribution in [0.5, 0.6) is 0 Å². The second-order valence-corrected chi connectivity index (χ2v) is 8.29. The van der Waals surface area contributed by atoms with Crippen molar-refractivity contribution in [3.05, 3.63) is 20.8 Å². The number of carbonyl (C=O) groups is 3. The first-order valence-corrected chi connectivity index (χ1v) is 8.76. The van der Waals surface area contributed by atoms with Crippen molar-refractivity contribution in [1.82, 2.24) is 4.90 Å². The number of Topliss-reactive ketones (excluding diaryl/α,β-unsaturated/α-hetero) is 1. The molecule has 112 valence electrons. The van der Waals surface area contributed by atoms with E-state index in [0.717, 1.165) is 35.9 Å². The van der Waals surface area contributed by atoms with Gasteiger partial charge < -0.3 is 0 Å². The van der Waals surface area contributed by atoms with Gasteiger partial charge in [0, 0.05) is 6.42 Å². The summed E-state index contributed by atoms with van der Waals surface area (Å²) in [6.45, 7) is -0.119. The predicted octanol–water partition coefficient (Wildman–Crippen LogP) is 3.40. The number of hydrogen-bond acceptors (Lipinski definition) is 4. The predicted molar refractivity (Wildman–Crippen MR) is 83.2 cm³/mol. The Morgan fingerprint density at radius 3 is 2.57 bits per heavy atom. The average Bonchev–Trinajstić information content (AvgIpc) is 2.98. The Bertz CT molecular complexity index is 604. The molecule has 0 aromatic carbocycles. The molecule has 2 fully saturated rings. The van der Waals surface area contributed by atoms with Crippen LogP contribution in [0.25, 0.3) is 0 Å². The van der Waals surface area contributed by atoms with Crippen molar-refractivity contribution >= 4 is 44.9 Å². The Morgan fingerprint density at radius 1 is 1.24 bits per heavy atom. The minimum atomic E-state index is -0.508. The minimum absolute atomic E-state index is 0.119. The maximum Gasteiger partial charge on any atom is 0.236 e. The third-order valence-electron chi connectivity index (χ3n) is 4.45. The monoisotopic (exact) mass is 369 g/mol. The summed E-state index contributed by atoms with van der Waals surface area (Å²) in [5.74, 6) is -0.484. The van der Waals surface area contributed by atoms with E-state index in [9.17, 15) is 14.4 Å². The standard InChI is InChI=1S/C15H16BrNO3S/c16-12-5-4-11(21-12)10(18)9-17-13(19)8-15(14(17)20)6-2-1-3-7-15/h4-5H,1-3,6-9H2. The number of hydrogen-bond donors (Lipinski definition) is 0. The van der Waals surface area contributed by atoms with E-state index in [-0.39, 0.29) is 30.6 Å². The minimum Gasteiger partial charge on any atom is -0.291 e. The molecular formula is C15H16BrNO3S. The van der Waals surface area contributed by atoms with Crippen LogP contribution in [0.15, 0.2) is 15.9 Å². The summed E-state index contributed by atoms with van der Waals surface area (Å²) >= 11 is 4.64. The van der Waals surface area contributed by atoms with E-state index in [0.29, 0.717) is 4.88 Å². The molecule has 0 bridgehead atoms. The zero-order valence-corrected chi connectivity index (χ0v) is 14.0. The van der Waals surface area contributed by atoms with Gasteiger partial charge in [-0.2, -0.15) is 0 Å². The molecule has 1 aromatic rings. The van der Waals surface area contributed by atoms with Crippen molar-refractivity contribution in [3.63, 3.8) is 0 Å². The number of thiophene rings is 1. The second-order valence-electron chi connectivity index (χ2n) is 5.83. The molecule has 6 heteroatoms. The summed E-state index contributed by atoms with van der Waals surface area (Å²) in [5, 5.41) is 0. The number of imide groups is 1. The van der Waals surface area contributed by atoms with Crippen molar-refractivity contribution in [2.24, 2.45) is 5.41 Å². The van der Waals surface area contributed by atoms with Crippen LogP contribution >= 0.6 is 27.3 Å². The lowest BCUT2D eigenvalue weighted by Crippen LogP contribution is -2.39. The number of nitrogens with zero attached hydrogens (tertiary/aromatic N) is 1. The van der Waals surface area contributed by atoms with Gasteiger partial charge in [0.1, 0.15) is 0 Å². The third-order valence-corrected chi connectivity index (χ3v) is 6.11. The Balaban J connectivity index is 1.75. The Labute approximate surface area is 135 Å². The summed E-state index contributed by atoms with van der Waals surface area (Å²) in [5.41, 5.74) is -0.508. The lowest BCUT2D eigenvalue weighted by Gasteiger charge is -2.30. The summed E-state index contributed by atoms with van der Waals surface area (Å²) in [6.07, 6.45) is 4.98. The van der Waals surface area contributed by atoms with Gasteiger partial charge in [-0.1, -0.05) is 19.3 Å². The van der Waals surface area contributed by atoms with E-state index in [1.807, 2.05) is 0 Å². The van der Waals surface area contributed by atoms with Gasteiger partial charge in [-0.15, -0.1) is 11.3 Å². The molecule has 0 radical (unpaired) electrons.